The van der Waals surface area contributed by atoms with Gasteiger partial charge in [-0.25, -0.2) is 4.39 Å². The van der Waals surface area contributed by atoms with Crippen LogP contribution >= 0.6 is 0 Å². The van der Waals surface area contributed by atoms with Crippen LogP contribution in [0, 0.1) is 12.7 Å². The van der Waals surface area contributed by atoms with Crippen LogP contribution < -0.4 is 11.1 Å². The molecule has 1 atom stereocenters. The molecule has 0 saturated heterocycles. The molecule has 0 amide bonds. The lowest BCUT2D eigenvalue weighted by Crippen LogP contribution is -2.13. The second-order valence-electron chi connectivity index (χ2n) is 3.55. The van der Waals surface area contributed by atoms with Crippen LogP contribution in [0.4, 0.5) is 15.8 Å². The van der Waals surface area contributed by atoms with Gasteiger partial charge in [0.15, 0.2) is 0 Å². The molecule has 0 aromatic heterocycles. The molecule has 0 heterocycles. The molecule has 3 N–H and O–H groups in total. The summed E-state index contributed by atoms with van der Waals surface area (Å²) in [5.74, 6) is 0.923. The summed E-state index contributed by atoms with van der Waals surface area (Å²) in [7, 11) is -0.794. The molecule has 0 radical (unpaired) electrons. The van der Waals surface area contributed by atoms with Crippen LogP contribution in [-0.2, 0) is 10.8 Å². The average molecular weight is 244 g/mol. The van der Waals surface area contributed by atoms with E-state index in [1.807, 2.05) is 6.92 Å². The maximum Gasteiger partial charge on any atom is 0.128 e. The number of nitrogens with two attached hydrogens (primary N) is 1. The fourth-order valence-electron chi connectivity index (χ4n) is 1.29. The number of nitrogens with one attached hydrogen (secondary N) is 1. The normalized spacial score (nSPS) is 12.4. The number of halogens is 1. The van der Waals surface area contributed by atoms with Gasteiger partial charge in [-0.3, -0.25) is 4.21 Å². The molecule has 0 fully saturated rings. The van der Waals surface area contributed by atoms with Crippen molar-refractivity contribution < 1.29 is 8.60 Å². The van der Waals surface area contributed by atoms with Crippen LogP contribution in [0.5, 0.6) is 0 Å². The minimum absolute atomic E-state index is 0.305. The van der Waals surface area contributed by atoms with Crippen LogP contribution in [0.25, 0.3) is 0 Å². The van der Waals surface area contributed by atoms with E-state index >= 15 is 0 Å². The van der Waals surface area contributed by atoms with Crippen molar-refractivity contribution in [1.29, 1.82) is 0 Å². The summed E-state index contributed by atoms with van der Waals surface area (Å²) in [4.78, 5) is 0. The number of nitrogen functional groups attached to an aromatic ring is 1. The first-order chi connectivity index (χ1) is 7.54. The topological polar surface area (TPSA) is 55.1 Å². The van der Waals surface area contributed by atoms with E-state index in [0.717, 1.165) is 0 Å². The molecule has 0 aliphatic heterocycles. The second kappa shape index (κ2) is 5.84. The molecule has 0 spiro atoms. The monoisotopic (exact) mass is 244 g/mol. The Kier molecular flexibility index (Phi) is 4.73. The number of anilines is 2. The molecule has 90 valence electrons. The fraction of sp³-hybridized carbons (Fsp3) is 0.455. The number of hydrogen-bond donors (Lipinski definition) is 2. The zero-order valence-corrected chi connectivity index (χ0v) is 10.4. The maximum absolute atomic E-state index is 13.1. The number of hydrogen-bond acceptors (Lipinski definition) is 3. The molecular weight excluding hydrogens is 227 g/mol. The smallest absolute Gasteiger partial charge is 0.128 e. The van der Waals surface area contributed by atoms with E-state index in [4.69, 9.17) is 5.73 Å². The van der Waals surface area contributed by atoms with Gasteiger partial charge in [-0.2, -0.15) is 0 Å². The molecule has 0 bridgehead atoms. The van der Waals surface area contributed by atoms with Crippen LogP contribution in [-0.4, -0.2) is 22.3 Å². The Labute approximate surface area is 97.7 Å². The zero-order chi connectivity index (χ0) is 12.1. The summed E-state index contributed by atoms with van der Waals surface area (Å²) in [5, 5.41) is 3.06. The number of benzene rings is 1. The van der Waals surface area contributed by atoms with Crippen LogP contribution in [0.15, 0.2) is 12.1 Å². The predicted octanol–water partition coefficient (Wildman–Crippen LogP) is 1.90. The first kappa shape index (κ1) is 13.0. The summed E-state index contributed by atoms with van der Waals surface area (Å²) in [6, 6.07) is 2.97. The Hall–Kier alpha value is -1.10. The first-order valence-corrected chi connectivity index (χ1v) is 6.68. The van der Waals surface area contributed by atoms with Crippen molar-refractivity contribution in [3.05, 3.63) is 23.5 Å². The van der Waals surface area contributed by atoms with E-state index in [1.165, 1.54) is 6.07 Å². The van der Waals surface area contributed by atoms with E-state index in [2.05, 4.69) is 5.32 Å². The van der Waals surface area contributed by atoms with Crippen molar-refractivity contribution in [2.24, 2.45) is 0 Å². The highest BCUT2D eigenvalue weighted by atomic mass is 32.2. The van der Waals surface area contributed by atoms with Gasteiger partial charge in [-0.1, -0.05) is 6.92 Å². The van der Waals surface area contributed by atoms with Gasteiger partial charge >= 0.3 is 0 Å². The van der Waals surface area contributed by atoms with Crippen molar-refractivity contribution in [1.82, 2.24) is 0 Å². The van der Waals surface area contributed by atoms with E-state index in [9.17, 15) is 8.60 Å². The van der Waals surface area contributed by atoms with Gasteiger partial charge < -0.3 is 11.1 Å². The third-order valence-electron chi connectivity index (χ3n) is 2.30. The molecule has 0 aliphatic carbocycles. The van der Waals surface area contributed by atoms with Gasteiger partial charge in [0.05, 0.1) is 11.4 Å². The molecule has 3 nitrogen and oxygen atoms in total. The summed E-state index contributed by atoms with van der Waals surface area (Å²) in [5.41, 5.74) is 7.29. The summed E-state index contributed by atoms with van der Waals surface area (Å²) in [6.07, 6.45) is 0. The zero-order valence-electron chi connectivity index (χ0n) is 9.55. The highest BCUT2D eigenvalue weighted by molar-refractivity contribution is 7.84. The minimum Gasteiger partial charge on any atom is -0.397 e. The second-order valence-corrected chi connectivity index (χ2v) is 5.41. The Morgan fingerprint density at radius 2 is 2.19 bits per heavy atom. The third-order valence-corrected chi connectivity index (χ3v) is 3.60. The van der Waals surface area contributed by atoms with Gasteiger partial charge in [0, 0.05) is 28.9 Å². The molecule has 5 heteroatoms. The van der Waals surface area contributed by atoms with Crippen LogP contribution in [0.3, 0.4) is 0 Å². The highest BCUT2D eigenvalue weighted by Crippen LogP contribution is 2.22. The predicted molar refractivity (Wildman–Crippen MR) is 67.6 cm³/mol. The van der Waals surface area contributed by atoms with Gasteiger partial charge in [0.2, 0.25) is 0 Å². The van der Waals surface area contributed by atoms with E-state index < -0.39 is 10.8 Å². The van der Waals surface area contributed by atoms with Gasteiger partial charge in [0.1, 0.15) is 5.82 Å². The third kappa shape index (κ3) is 3.48. The summed E-state index contributed by atoms with van der Waals surface area (Å²) < 4.78 is 24.3. The summed E-state index contributed by atoms with van der Waals surface area (Å²) >= 11 is 0. The van der Waals surface area contributed by atoms with E-state index in [0.29, 0.717) is 35.0 Å². The Balaban J connectivity index is 2.60. The molecule has 1 rings (SSSR count). The largest absolute Gasteiger partial charge is 0.397 e. The lowest BCUT2D eigenvalue weighted by molar-refractivity contribution is 0.619. The van der Waals surface area contributed by atoms with Crippen molar-refractivity contribution in [3.8, 4) is 0 Å². The van der Waals surface area contributed by atoms with Crippen LogP contribution in [0.1, 0.15) is 12.5 Å². The molecule has 1 unspecified atom stereocenters. The van der Waals surface area contributed by atoms with Gasteiger partial charge in [0.25, 0.3) is 0 Å². The number of aryl methyl sites for hydroxylation is 1. The van der Waals surface area contributed by atoms with E-state index in [-0.39, 0.29) is 5.82 Å². The average Bonchev–Trinajstić information content (AvgIpc) is 2.25. The molecule has 1 aromatic carbocycles. The van der Waals surface area contributed by atoms with Crippen molar-refractivity contribution in [2.45, 2.75) is 13.8 Å². The Morgan fingerprint density at radius 3 is 2.81 bits per heavy atom. The Morgan fingerprint density at radius 1 is 1.50 bits per heavy atom. The summed E-state index contributed by atoms with van der Waals surface area (Å²) in [6.45, 7) is 4.15. The lowest BCUT2D eigenvalue weighted by atomic mass is 10.2. The molecule has 0 saturated carbocycles. The standard InChI is InChI=1S/C11H17FN2OS/c1-3-16(15)5-4-14-11-6-8(2)9(12)7-10(11)13/h6-7,14H,3-5,13H2,1-2H3. The quantitative estimate of drug-likeness (QED) is 0.778. The Bertz CT molecular complexity index is 396. The SMILES string of the molecule is CCS(=O)CCNc1cc(C)c(F)cc1N. The van der Waals surface area contributed by atoms with Crippen molar-refractivity contribution in [2.75, 3.05) is 29.1 Å². The maximum atomic E-state index is 13.1. The number of rotatable bonds is 5. The highest BCUT2D eigenvalue weighted by Gasteiger charge is 2.04. The molecule has 1 aromatic rings. The van der Waals surface area contributed by atoms with Gasteiger partial charge in [-0.15, -0.1) is 0 Å². The fourth-order valence-corrected chi connectivity index (χ4v) is 1.91. The van der Waals surface area contributed by atoms with E-state index in [1.54, 1.807) is 13.0 Å². The van der Waals surface area contributed by atoms with Gasteiger partial charge in [-0.05, 0) is 24.6 Å². The lowest BCUT2D eigenvalue weighted by Gasteiger charge is -2.10. The van der Waals surface area contributed by atoms with Crippen LogP contribution in [0.2, 0.25) is 0 Å². The first-order valence-electron chi connectivity index (χ1n) is 5.19. The van der Waals surface area contributed by atoms with Crippen molar-refractivity contribution >= 4 is 22.2 Å². The van der Waals surface area contributed by atoms with Crippen molar-refractivity contribution in [3.63, 3.8) is 0 Å². The minimum atomic E-state index is -0.794. The molecular formula is C11H17FN2OS. The molecule has 0 aliphatic rings. The molecule has 16 heavy (non-hydrogen) atoms.